The summed E-state index contributed by atoms with van der Waals surface area (Å²) in [5.41, 5.74) is 4.02. The van der Waals surface area contributed by atoms with Gasteiger partial charge >= 0.3 is 0 Å². The molecule has 2 aromatic carbocycles. The van der Waals surface area contributed by atoms with E-state index in [2.05, 4.69) is 16.1 Å². The van der Waals surface area contributed by atoms with Crippen LogP contribution < -0.4 is 10.0 Å². The number of halogens is 1. The predicted molar refractivity (Wildman–Crippen MR) is 106 cm³/mol. The largest absolute Gasteiger partial charge is 0.345 e. The molecule has 1 atom stereocenters. The molecule has 1 amide bonds. The highest BCUT2D eigenvalue weighted by atomic mass is 35.5. The number of nitrogens with one attached hydrogen (secondary N) is 2. The molecular weight excluding hydrogens is 372 g/mol. The molecule has 0 aromatic heterocycles. The van der Waals surface area contributed by atoms with E-state index in [1.807, 2.05) is 32.9 Å². The summed E-state index contributed by atoms with van der Waals surface area (Å²) >= 11 is 6.18. The maximum atomic E-state index is 12.6. The molecule has 0 heterocycles. The lowest BCUT2D eigenvalue weighted by molar-refractivity contribution is 0.0935. The third-order valence-electron chi connectivity index (χ3n) is 4.16. The molecule has 140 valence electrons. The zero-order valence-electron chi connectivity index (χ0n) is 15.3. The molecule has 0 aliphatic rings. The first kappa shape index (κ1) is 20.3. The van der Waals surface area contributed by atoms with Crippen LogP contribution in [0.15, 0.2) is 36.4 Å². The second kappa shape index (κ2) is 8.10. The number of sulfonamides is 1. The molecule has 5 nitrogen and oxygen atoms in total. The Hall–Kier alpha value is -2.05. The average Bonchev–Trinajstić information content (AvgIpc) is 2.53. The van der Waals surface area contributed by atoms with E-state index in [0.29, 0.717) is 11.3 Å². The lowest BCUT2D eigenvalue weighted by Crippen LogP contribution is -2.28. The fourth-order valence-electron chi connectivity index (χ4n) is 2.62. The normalized spacial score (nSPS) is 12.5. The molecule has 1 unspecified atom stereocenters. The first-order valence-corrected chi connectivity index (χ1v) is 10.5. The number of carbonyl (C=O) groups excluding carboxylic acids is 1. The number of amides is 1. The standard InChI is InChI=1S/C19H23ClN2O3S/c1-5-18(14-7-6-12(2)13(3)10-14)21-19(23)16-9-8-15(11-17(16)20)22-26(4,24)25/h6-11,18,22H,5H2,1-4H3,(H,21,23). The molecule has 0 aliphatic carbocycles. The van der Waals surface area contributed by atoms with Gasteiger partial charge in [0, 0.05) is 5.69 Å². The second-order valence-corrected chi connectivity index (χ2v) is 8.50. The molecule has 0 saturated carbocycles. The van der Waals surface area contributed by atoms with Crippen molar-refractivity contribution in [2.24, 2.45) is 0 Å². The van der Waals surface area contributed by atoms with E-state index in [0.717, 1.165) is 18.2 Å². The topological polar surface area (TPSA) is 75.3 Å². The first-order valence-electron chi connectivity index (χ1n) is 8.26. The molecule has 2 rings (SSSR count). The van der Waals surface area contributed by atoms with Crippen molar-refractivity contribution in [2.45, 2.75) is 33.2 Å². The molecular formula is C19H23ClN2O3S. The average molecular weight is 395 g/mol. The Balaban J connectivity index is 2.21. The minimum absolute atomic E-state index is 0.133. The van der Waals surface area contributed by atoms with E-state index in [-0.39, 0.29) is 17.0 Å². The molecule has 26 heavy (non-hydrogen) atoms. The van der Waals surface area contributed by atoms with Crippen molar-refractivity contribution < 1.29 is 13.2 Å². The summed E-state index contributed by atoms with van der Waals surface area (Å²) in [6, 6.07) is 10.4. The number of benzene rings is 2. The van der Waals surface area contributed by atoms with Gasteiger partial charge in [-0.3, -0.25) is 9.52 Å². The van der Waals surface area contributed by atoms with E-state index >= 15 is 0 Å². The zero-order chi connectivity index (χ0) is 19.5. The molecule has 2 N–H and O–H groups in total. The number of hydrogen-bond acceptors (Lipinski definition) is 3. The maximum Gasteiger partial charge on any atom is 0.253 e. The van der Waals surface area contributed by atoms with Crippen LogP contribution in [0.3, 0.4) is 0 Å². The molecule has 7 heteroatoms. The van der Waals surface area contributed by atoms with Crippen molar-refractivity contribution in [2.75, 3.05) is 11.0 Å². The van der Waals surface area contributed by atoms with Crippen molar-refractivity contribution in [3.8, 4) is 0 Å². The van der Waals surface area contributed by atoms with Crippen molar-refractivity contribution in [3.05, 3.63) is 63.7 Å². The van der Waals surface area contributed by atoms with Crippen LogP contribution >= 0.6 is 11.6 Å². The van der Waals surface area contributed by atoms with Gasteiger partial charge in [0.15, 0.2) is 0 Å². The monoisotopic (exact) mass is 394 g/mol. The molecule has 0 bridgehead atoms. The minimum atomic E-state index is -3.40. The van der Waals surface area contributed by atoms with Crippen LogP contribution in [0.25, 0.3) is 0 Å². The third kappa shape index (κ3) is 5.22. The Morgan fingerprint density at radius 3 is 2.35 bits per heavy atom. The summed E-state index contributed by atoms with van der Waals surface area (Å²) in [7, 11) is -3.40. The minimum Gasteiger partial charge on any atom is -0.345 e. The predicted octanol–water partition coefficient (Wildman–Crippen LogP) is 4.21. The second-order valence-electron chi connectivity index (χ2n) is 6.35. The number of rotatable bonds is 6. The van der Waals surface area contributed by atoms with Crippen LogP contribution in [0.2, 0.25) is 5.02 Å². The molecule has 2 aromatic rings. The van der Waals surface area contributed by atoms with Gasteiger partial charge < -0.3 is 5.32 Å². The summed E-state index contributed by atoms with van der Waals surface area (Å²) in [6.45, 7) is 6.09. The summed E-state index contributed by atoms with van der Waals surface area (Å²) in [5, 5.41) is 3.18. The lowest BCUT2D eigenvalue weighted by atomic mass is 9.99. The quantitative estimate of drug-likeness (QED) is 0.770. The summed E-state index contributed by atoms with van der Waals surface area (Å²) in [4.78, 5) is 12.6. The SMILES string of the molecule is CCC(NC(=O)c1ccc(NS(C)(=O)=O)cc1Cl)c1ccc(C)c(C)c1. The van der Waals surface area contributed by atoms with Gasteiger partial charge in [0.05, 0.1) is 22.9 Å². The van der Waals surface area contributed by atoms with Crippen molar-refractivity contribution >= 4 is 33.2 Å². The van der Waals surface area contributed by atoms with Gasteiger partial charge in [0.2, 0.25) is 10.0 Å². The van der Waals surface area contributed by atoms with Crippen LogP contribution in [0, 0.1) is 13.8 Å². The van der Waals surface area contributed by atoms with E-state index in [9.17, 15) is 13.2 Å². The molecule has 0 radical (unpaired) electrons. The first-order chi connectivity index (χ1) is 12.1. The molecule has 0 spiro atoms. The van der Waals surface area contributed by atoms with Gasteiger partial charge in [-0.25, -0.2) is 8.42 Å². The smallest absolute Gasteiger partial charge is 0.253 e. The van der Waals surface area contributed by atoms with Crippen LogP contribution in [-0.2, 0) is 10.0 Å². The Morgan fingerprint density at radius 1 is 1.12 bits per heavy atom. The van der Waals surface area contributed by atoms with Crippen molar-refractivity contribution in [1.29, 1.82) is 0 Å². The Labute approximate surface area is 159 Å². The van der Waals surface area contributed by atoms with Gasteiger partial charge in [0.1, 0.15) is 0 Å². The Morgan fingerprint density at radius 2 is 1.81 bits per heavy atom. The van der Waals surface area contributed by atoms with Crippen molar-refractivity contribution in [3.63, 3.8) is 0 Å². The highest BCUT2D eigenvalue weighted by molar-refractivity contribution is 7.92. The summed E-state index contributed by atoms with van der Waals surface area (Å²) < 4.78 is 24.9. The number of carbonyl (C=O) groups is 1. The van der Waals surface area contributed by atoms with Crippen LogP contribution in [0.4, 0.5) is 5.69 Å². The summed E-state index contributed by atoms with van der Waals surface area (Å²) in [6.07, 6.45) is 1.79. The highest BCUT2D eigenvalue weighted by Gasteiger charge is 2.17. The third-order valence-corrected chi connectivity index (χ3v) is 5.08. The number of hydrogen-bond donors (Lipinski definition) is 2. The van der Waals surface area contributed by atoms with Crippen LogP contribution in [0.5, 0.6) is 0 Å². The zero-order valence-corrected chi connectivity index (χ0v) is 16.8. The lowest BCUT2D eigenvalue weighted by Gasteiger charge is -2.19. The molecule has 0 saturated heterocycles. The molecule has 0 fully saturated rings. The van der Waals surface area contributed by atoms with E-state index < -0.39 is 10.0 Å². The number of aryl methyl sites for hydroxylation is 2. The van der Waals surface area contributed by atoms with Gasteiger partial charge in [-0.2, -0.15) is 0 Å². The van der Waals surface area contributed by atoms with E-state index in [1.54, 1.807) is 0 Å². The van der Waals surface area contributed by atoms with E-state index in [4.69, 9.17) is 11.6 Å². The number of anilines is 1. The highest BCUT2D eigenvalue weighted by Crippen LogP contribution is 2.24. The van der Waals surface area contributed by atoms with Crippen molar-refractivity contribution in [1.82, 2.24) is 5.32 Å². The van der Waals surface area contributed by atoms with Crippen LogP contribution in [-0.4, -0.2) is 20.6 Å². The van der Waals surface area contributed by atoms with E-state index in [1.165, 1.54) is 29.3 Å². The Kier molecular flexibility index (Phi) is 6.31. The summed E-state index contributed by atoms with van der Waals surface area (Å²) in [5.74, 6) is -0.300. The van der Waals surface area contributed by atoms with Crippen LogP contribution in [0.1, 0.15) is 46.4 Å². The molecule has 0 aliphatic heterocycles. The fraction of sp³-hybridized carbons (Fsp3) is 0.316. The van der Waals surface area contributed by atoms with Gasteiger partial charge in [-0.1, -0.05) is 36.7 Å². The van der Waals surface area contributed by atoms with Gasteiger partial charge in [-0.05, 0) is 55.2 Å². The van der Waals surface area contributed by atoms with Gasteiger partial charge in [0.25, 0.3) is 5.91 Å². The maximum absolute atomic E-state index is 12.6. The Bertz CT molecular complexity index is 926. The van der Waals surface area contributed by atoms with Gasteiger partial charge in [-0.15, -0.1) is 0 Å². The fourth-order valence-corrected chi connectivity index (χ4v) is 3.44.